The lowest BCUT2D eigenvalue weighted by Gasteiger charge is -2.08. The highest BCUT2D eigenvalue weighted by atomic mass is 16.5. The van der Waals surface area contributed by atoms with E-state index in [1.54, 1.807) is 6.07 Å². The molecule has 0 fully saturated rings. The Hall–Kier alpha value is -2.36. The predicted octanol–water partition coefficient (Wildman–Crippen LogP) is 2.96. The third-order valence-corrected chi connectivity index (χ3v) is 3.10. The van der Waals surface area contributed by atoms with E-state index in [1.165, 1.54) is 0 Å². The number of benzene rings is 1. The number of rotatable bonds is 2. The molecule has 3 rings (SSSR count). The normalized spacial score (nSPS) is 12.7. The Morgan fingerprint density at radius 2 is 2.06 bits per heavy atom. The van der Waals surface area contributed by atoms with Crippen LogP contribution in [-0.2, 0) is 0 Å². The summed E-state index contributed by atoms with van der Waals surface area (Å²) in [5.74, 6) is 0.453. The van der Waals surface area contributed by atoms with Crippen LogP contribution in [-0.4, -0.2) is 10.1 Å². The third kappa shape index (κ3) is 1.82. The first kappa shape index (κ1) is 10.8. The highest BCUT2D eigenvalue weighted by Crippen LogP contribution is 2.26. The fraction of sp³-hybridized carbons (Fsp3) is 0.143. The molecule has 3 aromatic rings. The molecule has 4 nitrogen and oxygen atoms in total. The second-order valence-corrected chi connectivity index (χ2v) is 4.34. The quantitative estimate of drug-likeness (QED) is 0.746. The van der Waals surface area contributed by atoms with Crippen molar-refractivity contribution in [2.24, 2.45) is 0 Å². The van der Waals surface area contributed by atoms with Crippen LogP contribution in [0.25, 0.3) is 10.9 Å². The van der Waals surface area contributed by atoms with E-state index in [2.05, 4.69) is 29.2 Å². The Morgan fingerprint density at radius 1 is 1.22 bits per heavy atom. The molecule has 0 radical (unpaired) electrons. The molecule has 90 valence electrons. The summed E-state index contributed by atoms with van der Waals surface area (Å²) < 4.78 is 4.90. The Bertz CT molecular complexity index is 690. The fourth-order valence-corrected chi connectivity index (χ4v) is 2.00. The predicted molar refractivity (Wildman–Crippen MR) is 70.2 cm³/mol. The molecule has 1 aromatic carbocycles. The standard InChI is InChI=1S/C14H13N3O/c1-9(13-7-14(15)18-17-13)11-6-10-4-2-3-5-12(10)16-8-11/h2-9H,15H2,1H3. The van der Waals surface area contributed by atoms with Gasteiger partial charge in [0.1, 0.15) is 0 Å². The molecule has 2 heterocycles. The number of hydrogen-bond donors (Lipinski definition) is 1. The van der Waals surface area contributed by atoms with Crippen LogP contribution in [0.15, 0.2) is 47.1 Å². The lowest BCUT2D eigenvalue weighted by molar-refractivity contribution is 0.425. The summed E-state index contributed by atoms with van der Waals surface area (Å²) in [6, 6.07) is 11.9. The van der Waals surface area contributed by atoms with Crippen molar-refractivity contribution in [2.45, 2.75) is 12.8 Å². The average molecular weight is 239 g/mol. The molecule has 2 N–H and O–H groups in total. The molecule has 0 amide bonds. The van der Waals surface area contributed by atoms with Gasteiger partial charge in [0.2, 0.25) is 5.88 Å². The van der Waals surface area contributed by atoms with Crippen LogP contribution in [0.5, 0.6) is 0 Å². The molecule has 0 aliphatic heterocycles. The van der Waals surface area contributed by atoms with Gasteiger partial charge in [-0.3, -0.25) is 4.98 Å². The second kappa shape index (κ2) is 4.14. The van der Waals surface area contributed by atoms with Crippen molar-refractivity contribution in [3.8, 4) is 0 Å². The maximum absolute atomic E-state index is 5.54. The lowest BCUT2D eigenvalue weighted by atomic mass is 9.98. The van der Waals surface area contributed by atoms with Crippen molar-refractivity contribution >= 4 is 16.8 Å². The minimum Gasteiger partial charge on any atom is -0.368 e. The number of nitrogen functional groups attached to an aromatic ring is 1. The van der Waals surface area contributed by atoms with E-state index in [4.69, 9.17) is 10.3 Å². The smallest absolute Gasteiger partial charge is 0.222 e. The highest BCUT2D eigenvalue weighted by Gasteiger charge is 2.13. The molecule has 0 saturated heterocycles. The Morgan fingerprint density at radius 3 is 2.83 bits per heavy atom. The number of hydrogen-bond acceptors (Lipinski definition) is 4. The summed E-state index contributed by atoms with van der Waals surface area (Å²) in [5, 5.41) is 5.07. The molecule has 4 heteroatoms. The van der Waals surface area contributed by atoms with E-state index in [0.29, 0.717) is 5.88 Å². The van der Waals surface area contributed by atoms with E-state index >= 15 is 0 Å². The van der Waals surface area contributed by atoms with Crippen LogP contribution >= 0.6 is 0 Å². The first-order valence-electron chi connectivity index (χ1n) is 5.81. The van der Waals surface area contributed by atoms with E-state index < -0.39 is 0 Å². The van der Waals surface area contributed by atoms with Gasteiger partial charge in [-0.2, -0.15) is 0 Å². The van der Waals surface area contributed by atoms with E-state index in [1.807, 2.05) is 24.4 Å². The van der Waals surface area contributed by atoms with Crippen molar-refractivity contribution in [1.29, 1.82) is 0 Å². The summed E-state index contributed by atoms with van der Waals surface area (Å²) in [4.78, 5) is 4.44. The average Bonchev–Trinajstić information content (AvgIpc) is 2.84. The van der Waals surface area contributed by atoms with Crippen molar-refractivity contribution in [3.05, 3.63) is 53.9 Å². The van der Waals surface area contributed by atoms with E-state index in [-0.39, 0.29) is 5.92 Å². The Balaban J connectivity index is 2.03. The molecule has 18 heavy (non-hydrogen) atoms. The van der Waals surface area contributed by atoms with Gasteiger partial charge in [0.25, 0.3) is 0 Å². The van der Waals surface area contributed by atoms with Gasteiger partial charge in [-0.05, 0) is 17.7 Å². The molecule has 0 aliphatic rings. The minimum atomic E-state index is 0.114. The number of para-hydroxylation sites is 1. The minimum absolute atomic E-state index is 0.114. The zero-order valence-corrected chi connectivity index (χ0v) is 10.00. The zero-order valence-electron chi connectivity index (χ0n) is 10.00. The monoisotopic (exact) mass is 239 g/mol. The molecular formula is C14H13N3O. The van der Waals surface area contributed by atoms with Gasteiger partial charge in [-0.25, -0.2) is 0 Å². The molecule has 1 unspecified atom stereocenters. The SMILES string of the molecule is CC(c1cnc2ccccc2c1)c1cc(N)on1. The first-order chi connectivity index (χ1) is 8.74. The van der Waals surface area contributed by atoms with Gasteiger partial charge < -0.3 is 10.3 Å². The van der Waals surface area contributed by atoms with Crippen LogP contribution in [0.1, 0.15) is 24.1 Å². The number of fused-ring (bicyclic) bond motifs is 1. The van der Waals surface area contributed by atoms with Crippen LogP contribution in [0.2, 0.25) is 0 Å². The maximum atomic E-state index is 5.54. The molecule has 0 bridgehead atoms. The van der Waals surface area contributed by atoms with Crippen LogP contribution in [0.4, 0.5) is 5.88 Å². The van der Waals surface area contributed by atoms with Crippen LogP contribution < -0.4 is 5.73 Å². The molecular weight excluding hydrogens is 226 g/mol. The van der Waals surface area contributed by atoms with Crippen LogP contribution in [0.3, 0.4) is 0 Å². The number of anilines is 1. The van der Waals surface area contributed by atoms with Gasteiger partial charge >= 0.3 is 0 Å². The van der Waals surface area contributed by atoms with E-state index in [0.717, 1.165) is 22.2 Å². The summed E-state index contributed by atoms with van der Waals surface area (Å²) in [5.41, 5.74) is 8.46. The first-order valence-corrected chi connectivity index (χ1v) is 5.81. The van der Waals surface area contributed by atoms with E-state index in [9.17, 15) is 0 Å². The lowest BCUT2D eigenvalue weighted by Crippen LogP contribution is -1.97. The number of pyridine rings is 1. The van der Waals surface area contributed by atoms with Crippen molar-refractivity contribution in [2.75, 3.05) is 5.73 Å². The number of nitrogens with two attached hydrogens (primary N) is 1. The fourth-order valence-electron chi connectivity index (χ4n) is 2.00. The van der Waals surface area contributed by atoms with Crippen molar-refractivity contribution in [3.63, 3.8) is 0 Å². The Labute approximate surface area is 104 Å². The van der Waals surface area contributed by atoms with Crippen LogP contribution in [0, 0.1) is 0 Å². The van der Waals surface area contributed by atoms with Gasteiger partial charge in [-0.15, -0.1) is 0 Å². The molecule has 0 spiro atoms. The topological polar surface area (TPSA) is 64.9 Å². The van der Waals surface area contributed by atoms with Crippen molar-refractivity contribution < 1.29 is 4.52 Å². The summed E-state index contributed by atoms with van der Waals surface area (Å²) >= 11 is 0. The molecule has 0 aliphatic carbocycles. The second-order valence-electron chi connectivity index (χ2n) is 4.34. The molecule has 1 atom stereocenters. The molecule has 0 saturated carbocycles. The summed E-state index contributed by atoms with van der Waals surface area (Å²) in [7, 11) is 0. The van der Waals surface area contributed by atoms with Gasteiger partial charge in [0.05, 0.1) is 11.2 Å². The van der Waals surface area contributed by atoms with Crippen molar-refractivity contribution in [1.82, 2.24) is 10.1 Å². The summed E-state index contributed by atoms with van der Waals surface area (Å²) in [6.07, 6.45) is 1.87. The number of aromatic nitrogens is 2. The van der Waals surface area contributed by atoms with Gasteiger partial charge in [0.15, 0.2) is 0 Å². The number of nitrogens with zero attached hydrogens (tertiary/aromatic N) is 2. The summed E-state index contributed by atoms with van der Waals surface area (Å²) in [6.45, 7) is 2.06. The third-order valence-electron chi connectivity index (χ3n) is 3.10. The Kier molecular flexibility index (Phi) is 2.48. The highest BCUT2D eigenvalue weighted by molar-refractivity contribution is 5.78. The van der Waals surface area contributed by atoms with Gasteiger partial charge in [0, 0.05) is 23.6 Å². The maximum Gasteiger partial charge on any atom is 0.222 e. The van der Waals surface area contributed by atoms with Gasteiger partial charge in [-0.1, -0.05) is 30.3 Å². The largest absolute Gasteiger partial charge is 0.368 e. The zero-order chi connectivity index (χ0) is 12.5. The molecule has 2 aromatic heterocycles.